The van der Waals surface area contributed by atoms with Crippen molar-refractivity contribution in [3.63, 3.8) is 0 Å². The normalized spacial score (nSPS) is 20.4. The second-order valence-corrected chi connectivity index (χ2v) is 9.46. The number of anilines is 1. The molecular weight excluding hydrogens is 402 g/mol. The van der Waals surface area contributed by atoms with Crippen LogP contribution < -0.4 is 10.0 Å². The molecule has 2 aromatic rings. The Morgan fingerprint density at radius 1 is 1.27 bits per heavy atom. The molecule has 1 aromatic carbocycles. The number of hydrogen-bond acceptors (Lipinski definition) is 4. The summed E-state index contributed by atoms with van der Waals surface area (Å²) >= 11 is 0. The van der Waals surface area contributed by atoms with Gasteiger partial charge in [0.15, 0.2) is 0 Å². The van der Waals surface area contributed by atoms with Crippen LogP contribution in [0.5, 0.6) is 0 Å². The van der Waals surface area contributed by atoms with Crippen LogP contribution in [0.2, 0.25) is 0 Å². The van der Waals surface area contributed by atoms with Gasteiger partial charge in [0, 0.05) is 42.2 Å². The Balaban J connectivity index is 1.78. The molecule has 0 unspecified atom stereocenters. The van der Waals surface area contributed by atoms with Crippen LogP contribution in [-0.4, -0.2) is 38.1 Å². The molecule has 30 heavy (non-hydrogen) atoms. The molecule has 1 amide bonds. The predicted octanol–water partition coefficient (Wildman–Crippen LogP) is 2.84. The number of sulfonamides is 1. The van der Waals surface area contributed by atoms with Crippen LogP contribution in [0.25, 0.3) is 11.6 Å². The first kappa shape index (κ1) is 20.8. The van der Waals surface area contributed by atoms with Gasteiger partial charge in [-0.15, -0.1) is 0 Å². The van der Waals surface area contributed by atoms with Crippen molar-refractivity contribution in [3.05, 3.63) is 46.8 Å². The summed E-state index contributed by atoms with van der Waals surface area (Å²) in [7, 11) is -3.86. The number of primary sulfonamides is 1. The number of fused-ring (bicyclic) bond motifs is 1. The van der Waals surface area contributed by atoms with E-state index in [1.807, 2.05) is 26.8 Å². The van der Waals surface area contributed by atoms with Crippen LogP contribution in [0.3, 0.4) is 0 Å². The molecule has 0 saturated carbocycles. The highest BCUT2D eigenvalue weighted by atomic mass is 32.2. The van der Waals surface area contributed by atoms with E-state index in [0.29, 0.717) is 23.4 Å². The van der Waals surface area contributed by atoms with Gasteiger partial charge in [0.2, 0.25) is 10.0 Å². The van der Waals surface area contributed by atoms with E-state index in [9.17, 15) is 13.2 Å². The second-order valence-electron chi connectivity index (χ2n) is 7.90. The minimum absolute atomic E-state index is 0.00163. The van der Waals surface area contributed by atoms with Crippen LogP contribution in [0.1, 0.15) is 42.3 Å². The molecule has 0 spiro atoms. The molecule has 4 rings (SSSR count). The van der Waals surface area contributed by atoms with E-state index in [1.54, 1.807) is 11.0 Å². The molecular formula is C22H27N3O4S. The molecule has 160 valence electrons. The minimum Gasteiger partial charge on any atom is -0.376 e. The topological polar surface area (TPSA) is 94.6 Å². The Morgan fingerprint density at radius 3 is 2.67 bits per heavy atom. The van der Waals surface area contributed by atoms with Crippen molar-refractivity contribution in [2.75, 3.05) is 18.1 Å². The van der Waals surface area contributed by atoms with Gasteiger partial charge in [-0.1, -0.05) is 0 Å². The van der Waals surface area contributed by atoms with Gasteiger partial charge in [0.1, 0.15) is 0 Å². The zero-order valence-corrected chi connectivity index (χ0v) is 18.3. The largest absolute Gasteiger partial charge is 0.376 e. The second kappa shape index (κ2) is 7.68. The summed E-state index contributed by atoms with van der Waals surface area (Å²) in [6.45, 7) is 8.08. The number of hydrogen-bond donors (Lipinski definition) is 1. The zero-order chi connectivity index (χ0) is 21.6. The highest BCUT2D eigenvalue weighted by Crippen LogP contribution is 2.39. The Kier molecular flexibility index (Phi) is 5.34. The maximum atomic E-state index is 13.1. The number of aromatic nitrogens is 1. The lowest BCUT2D eigenvalue weighted by atomic mass is 10.0. The van der Waals surface area contributed by atoms with Crippen molar-refractivity contribution in [1.29, 1.82) is 0 Å². The number of carbonyl (C=O) groups excluding carboxylic acids is 1. The van der Waals surface area contributed by atoms with Crippen molar-refractivity contribution in [1.82, 2.24) is 4.57 Å². The van der Waals surface area contributed by atoms with Crippen LogP contribution in [-0.2, 0) is 26.1 Å². The van der Waals surface area contributed by atoms with E-state index in [2.05, 4.69) is 10.6 Å². The van der Waals surface area contributed by atoms with Crippen LogP contribution >= 0.6 is 0 Å². The van der Waals surface area contributed by atoms with Crippen LogP contribution in [0, 0.1) is 13.8 Å². The molecule has 2 aliphatic rings. The number of nitrogens with two attached hydrogens (primary N) is 1. The van der Waals surface area contributed by atoms with E-state index in [4.69, 9.17) is 9.88 Å². The first-order chi connectivity index (χ1) is 14.2. The fourth-order valence-electron chi connectivity index (χ4n) is 4.37. The van der Waals surface area contributed by atoms with Crippen molar-refractivity contribution in [2.45, 2.75) is 51.2 Å². The number of aryl methyl sites for hydroxylation is 1. The van der Waals surface area contributed by atoms with Gasteiger partial charge in [0.05, 0.1) is 16.7 Å². The third kappa shape index (κ3) is 3.59. The Morgan fingerprint density at radius 2 is 2.03 bits per heavy atom. The Hall–Kier alpha value is -2.42. The number of amides is 1. The highest BCUT2D eigenvalue weighted by Gasteiger charge is 2.32. The maximum Gasteiger partial charge on any atom is 0.258 e. The molecule has 1 aromatic heterocycles. The van der Waals surface area contributed by atoms with E-state index < -0.39 is 10.0 Å². The summed E-state index contributed by atoms with van der Waals surface area (Å²) in [6, 6.07) is 6.65. The number of rotatable bonds is 5. The molecule has 2 aliphatic heterocycles. The van der Waals surface area contributed by atoms with Crippen molar-refractivity contribution in [3.8, 4) is 0 Å². The number of ether oxygens (including phenoxy) is 1. The van der Waals surface area contributed by atoms with Crippen LogP contribution in [0.15, 0.2) is 29.2 Å². The van der Waals surface area contributed by atoms with Crippen molar-refractivity contribution >= 4 is 33.3 Å². The molecule has 0 aliphatic carbocycles. The fourth-order valence-corrected chi connectivity index (χ4v) is 4.91. The number of likely N-dealkylation sites (N-methyl/N-ethyl adjacent to an activating group) is 1. The van der Waals surface area contributed by atoms with E-state index >= 15 is 0 Å². The lowest BCUT2D eigenvalue weighted by Crippen LogP contribution is -2.25. The molecule has 1 saturated heterocycles. The van der Waals surface area contributed by atoms with E-state index in [1.165, 1.54) is 12.1 Å². The summed E-state index contributed by atoms with van der Waals surface area (Å²) in [5.41, 5.74) is 4.88. The van der Waals surface area contributed by atoms with Gasteiger partial charge >= 0.3 is 0 Å². The molecule has 1 atom stereocenters. The quantitative estimate of drug-likeness (QED) is 0.740. The summed E-state index contributed by atoms with van der Waals surface area (Å²) < 4.78 is 31.7. The van der Waals surface area contributed by atoms with Crippen molar-refractivity contribution < 1.29 is 17.9 Å². The number of benzene rings is 1. The first-order valence-electron chi connectivity index (χ1n) is 10.2. The third-order valence-corrected chi connectivity index (χ3v) is 6.90. The van der Waals surface area contributed by atoms with Gasteiger partial charge in [-0.3, -0.25) is 4.79 Å². The predicted molar refractivity (Wildman–Crippen MR) is 117 cm³/mol. The van der Waals surface area contributed by atoms with Gasteiger partial charge in [-0.2, -0.15) is 0 Å². The van der Waals surface area contributed by atoms with E-state index in [-0.39, 0.29) is 16.9 Å². The summed E-state index contributed by atoms with van der Waals surface area (Å²) in [6.07, 6.45) is 4.22. The molecule has 1 fully saturated rings. The summed E-state index contributed by atoms with van der Waals surface area (Å²) in [5, 5.41) is 5.31. The monoisotopic (exact) mass is 429 g/mol. The van der Waals surface area contributed by atoms with Gasteiger partial charge in [-0.25, -0.2) is 13.6 Å². The molecule has 0 radical (unpaired) electrons. The minimum atomic E-state index is -3.86. The first-order valence-corrected chi connectivity index (χ1v) is 11.7. The molecule has 7 nitrogen and oxygen atoms in total. The fraction of sp³-hybridized carbons (Fsp3) is 0.409. The third-order valence-electron chi connectivity index (χ3n) is 5.99. The lowest BCUT2D eigenvalue weighted by molar-refractivity contribution is -0.112. The maximum absolute atomic E-state index is 13.1. The molecule has 3 heterocycles. The Labute approximate surface area is 177 Å². The zero-order valence-electron chi connectivity index (χ0n) is 17.5. The average molecular weight is 430 g/mol. The number of carbonyl (C=O) groups is 1. The van der Waals surface area contributed by atoms with Crippen LogP contribution in [0.4, 0.5) is 5.69 Å². The van der Waals surface area contributed by atoms with Gasteiger partial charge in [-0.05, 0) is 69.5 Å². The van der Waals surface area contributed by atoms with Gasteiger partial charge < -0.3 is 14.2 Å². The van der Waals surface area contributed by atoms with Gasteiger partial charge in [0.25, 0.3) is 5.91 Å². The average Bonchev–Trinajstić information content (AvgIpc) is 3.36. The SMILES string of the molecule is CCN1C(=O)/C(=C/c2cc(C)n(C[C@H]3CCCO3)c2C)c2cc(S(N)(=O)=O)ccc21. The molecule has 0 bridgehead atoms. The smallest absolute Gasteiger partial charge is 0.258 e. The highest BCUT2D eigenvalue weighted by molar-refractivity contribution is 7.89. The Bertz CT molecular complexity index is 1140. The number of nitrogens with zero attached hydrogens (tertiary/aromatic N) is 2. The lowest BCUT2D eigenvalue weighted by Gasteiger charge is -2.14. The summed E-state index contributed by atoms with van der Waals surface area (Å²) in [4.78, 5) is 14.7. The standard InChI is InChI=1S/C22H27N3O4S/c1-4-24-21-8-7-18(30(23,27)28)12-19(21)20(22(24)26)11-16-10-14(2)25(15(16)3)13-17-6-5-9-29-17/h7-8,10-12,17H,4-6,9,13H2,1-3H3,(H2,23,27,28)/b20-11+/t17-/m1/s1. The summed E-state index contributed by atoms with van der Waals surface area (Å²) in [5.74, 6) is -0.136. The molecule has 8 heteroatoms. The molecule has 2 N–H and O–H groups in total. The van der Waals surface area contributed by atoms with E-state index in [0.717, 1.165) is 42.9 Å². The van der Waals surface area contributed by atoms with Crippen molar-refractivity contribution in [2.24, 2.45) is 5.14 Å².